The fraction of sp³-hybridized carbons (Fsp3) is 0.440. The summed E-state index contributed by atoms with van der Waals surface area (Å²) in [6.45, 7) is 15.2. The molecule has 0 amide bonds. The molecule has 0 radical (unpaired) electrons. The van der Waals surface area contributed by atoms with Gasteiger partial charge in [0.2, 0.25) is 0 Å². The van der Waals surface area contributed by atoms with Crippen LogP contribution in [-0.4, -0.2) is 10.1 Å². The number of aromatic nitrogens is 1. The van der Waals surface area contributed by atoms with E-state index in [1.54, 1.807) is 0 Å². The number of nitrogens with zero attached hydrogens (tertiary/aromatic N) is 1. The van der Waals surface area contributed by atoms with Gasteiger partial charge in [0.15, 0.2) is 0 Å². The van der Waals surface area contributed by atoms with Crippen LogP contribution < -0.4 is 5.32 Å². The van der Waals surface area contributed by atoms with E-state index >= 15 is 0 Å². The molecule has 0 spiro atoms. The third-order valence-corrected chi connectivity index (χ3v) is 6.01. The van der Waals surface area contributed by atoms with Crippen LogP contribution in [0.25, 0.3) is 10.9 Å². The normalized spacial score (nSPS) is 12.7. The monoisotopic (exact) mass is 430 g/mol. The van der Waals surface area contributed by atoms with Crippen molar-refractivity contribution in [1.82, 2.24) is 9.88 Å². The molecule has 29 heavy (non-hydrogen) atoms. The Morgan fingerprint density at radius 3 is 2.31 bits per heavy atom. The summed E-state index contributed by atoms with van der Waals surface area (Å²) in [4.78, 5) is 0. The Hall–Kier alpha value is -1.48. The second kappa shape index (κ2) is 8.34. The predicted molar refractivity (Wildman–Crippen MR) is 127 cm³/mol. The first-order chi connectivity index (χ1) is 13.5. The van der Waals surface area contributed by atoms with Crippen molar-refractivity contribution < 1.29 is 0 Å². The SMILES string of the molecule is Cc1c(CNC(C)(C)CC(C)(C)C)c2ccccc2n1Cc1ccc(Cl)cc1Cl. The molecular weight excluding hydrogens is 399 g/mol. The van der Waals surface area contributed by atoms with Gasteiger partial charge in [0.25, 0.3) is 0 Å². The van der Waals surface area contributed by atoms with Gasteiger partial charge in [0, 0.05) is 45.3 Å². The molecule has 156 valence electrons. The lowest BCUT2D eigenvalue weighted by Crippen LogP contribution is -2.41. The van der Waals surface area contributed by atoms with Crippen LogP contribution in [0.4, 0.5) is 0 Å². The number of para-hydroxylation sites is 1. The van der Waals surface area contributed by atoms with Gasteiger partial charge in [-0.2, -0.15) is 0 Å². The summed E-state index contributed by atoms with van der Waals surface area (Å²) in [5.41, 5.74) is 5.29. The molecule has 1 N–H and O–H groups in total. The zero-order valence-electron chi connectivity index (χ0n) is 18.4. The van der Waals surface area contributed by atoms with Crippen molar-refractivity contribution in [2.75, 3.05) is 0 Å². The maximum atomic E-state index is 6.46. The van der Waals surface area contributed by atoms with Crippen LogP contribution in [0.2, 0.25) is 10.0 Å². The van der Waals surface area contributed by atoms with E-state index in [1.807, 2.05) is 18.2 Å². The van der Waals surface area contributed by atoms with Crippen LogP contribution >= 0.6 is 23.2 Å². The molecule has 3 rings (SSSR count). The van der Waals surface area contributed by atoms with Crippen molar-refractivity contribution in [3.05, 3.63) is 69.3 Å². The quantitative estimate of drug-likeness (QED) is 0.425. The number of hydrogen-bond donors (Lipinski definition) is 1. The van der Waals surface area contributed by atoms with Crippen LogP contribution in [0, 0.1) is 12.3 Å². The smallest absolute Gasteiger partial charge is 0.0493 e. The summed E-state index contributed by atoms with van der Waals surface area (Å²) in [6, 6.07) is 14.4. The molecule has 0 bridgehead atoms. The molecule has 2 aromatic carbocycles. The second-order valence-corrected chi connectivity index (χ2v) is 10.7. The topological polar surface area (TPSA) is 17.0 Å². The number of nitrogens with one attached hydrogen (secondary N) is 1. The van der Waals surface area contributed by atoms with Crippen LogP contribution in [0.15, 0.2) is 42.5 Å². The average molecular weight is 431 g/mol. The molecule has 0 saturated heterocycles. The molecule has 0 aliphatic rings. The zero-order valence-corrected chi connectivity index (χ0v) is 19.9. The van der Waals surface area contributed by atoms with E-state index in [-0.39, 0.29) is 11.0 Å². The lowest BCUT2D eigenvalue weighted by atomic mass is 9.81. The van der Waals surface area contributed by atoms with E-state index in [0.717, 1.165) is 25.1 Å². The van der Waals surface area contributed by atoms with Crippen molar-refractivity contribution in [2.45, 2.75) is 66.6 Å². The first kappa shape index (κ1) is 22.2. The molecule has 4 heteroatoms. The first-order valence-corrected chi connectivity index (χ1v) is 11.0. The molecule has 2 nitrogen and oxygen atoms in total. The summed E-state index contributed by atoms with van der Waals surface area (Å²) >= 11 is 12.5. The van der Waals surface area contributed by atoms with Crippen LogP contribution in [-0.2, 0) is 13.1 Å². The van der Waals surface area contributed by atoms with E-state index in [2.05, 4.69) is 75.7 Å². The molecule has 0 aliphatic carbocycles. The van der Waals surface area contributed by atoms with Gasteiger partial charge in [-0.05, 0) is 61.9 Å². The number of halogens is 2. The molecular formula is C25H32Cl2N2. The molecule has 1 aromatic heterocycles. The Balaban J connectivity index is 1.94. The fourth-order valence-corrected chi connectivity index (χ4v) is 4.93. The van der Waals surface area contributed by atoms with Gasteiger partial charge < -0.3 is 9.88 Å². The van der Waals surface area contributed by atoms with E-state index in [0.29, 0.717) is 10.0 Å². The van der Waals surface area contributed by atoms with E-state index in [4.69, 9.17) is 23.2 Å². The van der Waals surface area contributed by atoms with Crippen molar-refractivity contribution >= 4 is 34.1 Å². The lowest BCUT2D eigenvalue weighted by molar-refractivity contribution is 0.241. The van der Waals surface area contributed by atoms with Crippen LogP contribution in [0.5, 0.6) is 0 Å². The van der Waals surface area contributed by atoms with Gasteiger partial charge in [0.1, 0.15) is 0 Å². The molecule has 3 aromatic rings. The standard InChI is InChI=1S/C25H32Cl2N2/c1-17-21(14-28-25(5,6)16-24(2,3)4)20-9-7-8-10-23(20)29(17)15-18-11-12-19(26)13-22(18)27/h7-13,28H,14-16H2,1-6H3. The summed E-state index contributed by atoms with van der Waals surface area (Å²) < 4.78 is 2.36. The Morgan fingerprint density at radius 1 is 0.966 bits per heavy atom. The highest BCUT2D eigenvalue weighted by Gasteiger charge is 2.25. The van der Waals surface area contributed by atoms with E-state index in [1.165, 1.54) is 22.2 Å². The summed E-state index contributed by atoms with van der Waals surface area (Å²) in [5, 5.41) is 6.48. The first-order valence-electron chi connectivity index (χ1n) is 10.2. The zero-order chi connectivity index (χ0) is 21.4. The Morgan fingerprint density at radius 2 is 1.66 bits per heavy atom. The molecule has 0 atom stereocenters. The number of benzene rings is 2. The lowest BCUT2D eigenvalue weighted by Gasteiger charge is -2.33. The molecule has 1 heterocycles. The minimum Gasteiger partial charge on any atom is -0.340 e. The van der Waals surface area contributed by atoms with Crippen molar-refractivity contribution in [2.24, 2.45) is 5.41 Å². The number of hydrogen-bond acceptors (Lipinski definition) is 1. The van der Waals surface area contributed by atoms with Gasteiger partial charge in [-0.3, -0.25) is 0 Å². The van der Waals surface area contributed by atoms with Gasteiger partial charge in [-0.1, -0.05) is 68.2 Å². The summed E-state index contributed by atoms with van der Waals surface area (Å²) in [5.74, 6) is 0. The van der Waals surface area contributed by atoms with Gasteiger partial charge in [0.05, 0.1) is 0 Å². The Labute approximate surface area is 185 Å². The third kappa shape index (κ3) is 5.36. The van der Waals surface area contributed by atoms with Crippen molar-refractivity contribution in [1.29, 1.82) is 0 Å². The highest BCUT2D eigenvalue weighted by atomic mass is 35.5. The molecule has 0 saturated carbocycles. The minimum atomic E-state index is 0.0629. The Bertz CT molecular complexity index is 1010. The number of fused-ring (bicyclic) bond motifs is 1. The fourth-order valence-electron chi connectivity index (χ4n) is 4.47. The third-order valence-electron chi connectivity index (χ3n) is 5.42. The molecule has 0 fully saturated rings. The number of rotatable bonds is 6. The predicted octanol–water partition coefficient (Wildman–Crippen LogP) is 7.61. The largest absolute Gasteiger partial charge is 0.340 e. The van der Waals surface area contributed by atoms with E-state index in [9.17, 15) is 0 Å². The summed E-state index contributed by atoms with van der Waals surface area (Å²) in [6.07, 6.45) is 1.11. The highest BCUT2D eigenvalue weighted by Crippen LogP contribution is 2.31. The van der Waals surface area contributed by atoms with Gasteiger partial charge in [-0.15, -0.1) is 0 Å². The maximum Gasteiger partial charge on any atom is 0.0493 e. The van der Waals surface area contributed by atoms with Crippen molar-refractivity contribution in [3.8, 4) is 0 Å². The average Bonchev–Trinajstić information content (AvgIpc) is 2.85. The maximum absolute atomic E-state index is 6.46. The Kier molecular flexibility index (Phi) is 6.38. The minimum absolute atomic E-state index is 0.0629. The summed E-state index contributed by atoms with van der Waals surface area (Å²) in [7, 11) is 0. The van der Waals surface area contributed by atoms with Crippen molar-refractivity contribution in [3.63, 3.8) is 0 Å². The molecule has 0 unspecified atom stereocenters. The van der Waals surface area contributed by atoms with Crippen LogP contribution in [0.3, 0.4) is 0 Å². The van der Waals surface area contributed by atoms with Crippen LogP contribution in [0.1, 0.15) is 57.9 Å². The van der Waals surface area contributed by atoms with Gasteiger partial charge >= 0.3 is 0 Å². The highest BCUT2D eigenvalue weighted by molar-refractivity contribution is 6.35. The second-order valence-electron chi connectivity index (χ2n) is 9.88. The van der Waals surface area contributed by atoms with E-state index < -0.39 is 0 Å². The molecule has 0 aliphatic heterocycles. The van der Waals surface area contributed by atoms with Gasteiger partial charge in [-0.25, -0.2) is 0 Å².